The lowest BCUT2D eigenvalue weighted by Gasteiger charge is -2.36. The summed E-state index contributed by atoms with van der Waals surface area (Å²) in [6.45, 7) is 4.20. The van der Waals surface area contributed by atoms with E-state index in [0.717, 1.165) is 23.1 Å². The molecule has 0 unspecified atom stereocenters. The molecule has 2 aliphatic heterocycles. The highest BCUT2D eigenvalue weighted by Crippen LogP contribution is 2.40. The van der Waals surface area contributed by atoms with Crippen molar-refractivity contribution in [2.24, 2.45) is 62.0 Å². The molecule has 3 aromatic rings. The highest BCUT2D eigenvalue weighted by Gasteiger charge is 2.50. The number of benzene rings is 3. The van der Waals surface area contributed by atoms with Crippen LogP contribution in [0.15, 0.2) is 94.9 Å². The highest BCUT2D eigenvalue weighted by atomic mass is 32.2. The fraction of sp³-hybridized carbons (Fsp3) is 0.573. The minimum Gasteiger partial charge on any atom is -0.370 e. The number of carbonyl (C=O) groups is 12. The van der Waals surface area contributed by atoms with Crippen LogP contribution in [0.2, 0.25) is 0 Å². The van der Waals surface area contributed by atoms with Gasteiger partial charge < -0.3 is 92.9 Å². The van der Waals surface area contributed by atoms with Crippen molar-refractivity contribution < 1.29 is 57.5 Å². The van der Waals surface area contributed by atoms with E-state index in [2.05, 4.69) is 57.8 Å². The summed E-state index contributed by atoms with van der Waals surface area (Å²) in [5.41, 5.74) is 43.7. The third kappa shape index (κ3) is 31.4. The summed E-state index contributed by atoms with van der Waals surface area (Å²) in [7, 11) is 0. The maximum absolute atomic E-state index is 15.7. The van der Waals surface area contributed by atoms with Gasteiger partial charge in [0.15, 0.2) is 11.9 Å². The summed E-state index contributed by atoms with van der Waals surface area (Å²) < 4.78 is 0. The second-order valence-electron chi connectivity index (χ2n) is 28.3. The van der Waals surface area contributed by atoms with E-state index in [9.17, 15) is 43.2 Å². The van der Waals surface area contributed by atoms with E-state index in [0.29, 0.717) is 87.2 Å². The minimum atomic E-state index is -1.50. The van der Waals surface area contributed by atoms with Crippen LogP contribution < -0.4 is 88.0 Å². The Morgan fingerprint density at radius 1 is 0.509 bits per heavy atom. The number of hydrogen-bond acceptors (Lipinski definition) is 17. The number of nitrogens with two attached hydrogens (primary N) is 7. The zero-order valence-electron chi connectivity index (χ0n) is 62.1. The Morgan fingerprint density at radius 3 is 1.56 bits per heavy atom. The molecule has 0 aromatic heterocycles. The Bertz CT molecular complexity index is 3530. The fourth-order valence-corrected chi connectivity index (χ4v) is 15.3. The number of amides is 12. The number of fused-ring (bicyclic) bond motifs is 5. The van der Waals surface area contributed by atoms with Gasteiger partial charge in [-0.2, -0.15) is 23.5 Å². The fourth-order valence-electron chi connectivity index (χ4n) is 13.4. The van der Waals surface area contributed by atoms with Crippen LogP contribution >= 0.6 is 23.5 Å². The normalized spacial score (nSPS) is 25.0. The van der Waals surface area contributed by atoms with Crippen LogP contribution in [0, 0.1) is 11.8 Å². The SMILES string of the molecule is CC(C)C[C@@H]1NC(=O)[C@H](Cc2ccccc2)NC(=O)CCCCCNC(=O)[C@@H](N)CSCc2cccc(c2)CSC[C@@H](C(N)=O)NC(=O)CCCCCNC(=O)[C@H](CC(N)=O)NC(=O)[C@H](CCCN=C(N)N)NC(=O)[C@@H]2C[C@@H]3CCCC[C@@H]3N2C(=O)[C@H](CCCN=C(N)N)NC(=O)[C@H](Cc2ccccc2)NC1=O. The third-order valence-corrected chi connectivity index (χ3v) is 21.1. The summed E-state index contributed by atoms with van der Waals surface area (Å²) in [6, 6.07) is 14.3. The standard InChI is InChI=1S/C75H113N19O12S2/c1-46(2)36-55-69(102)92-57(39-48-22-9-4-10-23-48)71(104)90-54(28-19-35-86-75(81)82)73(106)94-60-29-14-13-26-51(60)40-61(94)72(105)89-53(27-18-34-85-74(79)80)68(101)93-58(41-62(77)95)67(100)84-33-16-6-12-31-64(97)88-59(65(78)98)45-108-43-50-25-17-24-49(37-50)42-107-44-52(76)66(99)83-32-15-5-11-30-63(96)87-56(70(103)91-55)38-47-20-7-3-8-21-47/h3-4,7-10,17,20-25,37,46,51-61H,5-6,11-16,18-19,26-36,38-45,76H2,1-2H3,(H2,77,95)(H2,78,98)(H,83,99)(H,84,100)(H,87,96)(H,88,97)(H,89,105)(H,90,104)(H,91,103)(H,92,102)(H,93,101)(H4,79,80,85)(H4,81,82,86)/t51-,52-,53-,54-,55-,56-,57-,58-,59-,60-,61-/m0/s1. The van der Waals surface area contributed by atoms with Crippen LogP contribution in [0.4, 0.5) is 0 Å². The Hall–Kier alpha value is -9.50. The van der Waals surface area contributed by atoms with E-state index in [-0.39, 0.29) is 119 Å². The van der Waals surface area contributed by atoms with Crippen LogP contribution in [0.1, 0.15) is 158 Å². The van der Waals surface area contributed by atoms with Gasteiger partial charge in [-0.3, -0.25) is 67.5 Å². The van der Waals surface area contributed by atoms with Gasteiger partial charge in [0.25, 0.3) is 0 Å². The van der Waals surface area contributed by atoms with Crippen LogP contribution in [-0.4, -0.2) is 186 Å². The number of aliphatic imine (C=N–C) groups is 2. The van der Waals surface area contributed by atoms with Gasteiger partial charge in [-0.1, -0.05) is 124 Å². The number of rotatable bonds is 17. The summed E-state index contributed by atoms with van der Waals surface area (Å²) in [5, 5.41) is 25.4. The van der Waals surface area contributed by atoms with Gasteiger partial charge in [0.2, 0.25) is 70.9 Å². The van der Waals surface area contributed by atoms with Crippen molar-refractivity contribution >= 4 is 106 Å². The lowest BCUT2D eigenvalue weighted by Crippen LogP contribution is -2.61. The molecule has 31 nitrogen and oxygen atoms in total. The smallest absolute Gasteiger partial charge is 0.246 e. The second-order valence-corrected chi connectivity index (χ2v) is 30.4. The maximum atomic E-state index is 15.7. The van der Waals surface area contributed by atoms with Gasteiger partial charge in [-0.25, -0.2) is 0 Å². The maximum Gasteiger partial charge on any atom is 0.246 e. The molecule has 33 heteroatoms. The van der Waals surface area contributed by atoms with Gasteiger partial charge in [0.05, 0.1) is 12.5 Å². The van der Waals surface area contributed by atoms with E-state index in [1.54, 1.807) is 42.5 Å². The molecule has 0 radical (unpaired) electrons. The molecule has 1 aliphatic carbocycles. The highest BCUT2D eigenvalue weighted by molar-refractivity contribution is 7.98. The third-order valence-electron chi connectivity index (χ3n) is 18.9. The molecule has 6 rings (SSSR count). The molecule has 3 aromatic carbocycles. The van der Waals surface area contributed by atoms with Crippen molar-refractivity contribution in [3.05, 3.63) is 107 Å². The molecule has 23 N–H and O–H groups in total. The molecule has 108 heavy (non-hydrogen) atoms. The van der Waals surface area contributed by atoms with Crippen molar-refractivity contribution in [3.8, 4) is 0 Å². The van der Waals surface area contributed by atoms with Crippen LogP contribution in [0.3, 0.4) is 0 Å². The molecule has 2 fully saturated rings. The molecule has 592 valence electrons. The van der Waals surface area contributed by atoms with E-state index in [1.165, 1.54) is 28.4 Å². The number of guanidine groups is 2. The van der Waals surface area contributed by atoms with E-state index in [1.807, 2.05) is 56.3 Å². The minimum absolute atomic E-state index is 0.0321. The predicted molar refractivity (Wildman–Crippen MR) is 417 cm³/mol. The molecule has 3 aliphatic rings. The average molecular weight is 1540 g/mol. The predicted octanol–water partition coefficient (Wildman–Crippen LogP) is 0.400. The zero-order valence-corrected chi connectivity index (χ0v) is 63.7. The lowest BCUT2D eigenvalue weighted by molar-refractivity contribution is -0.145. The van der Waals surface area contributed by atoms with E-state index < -0.39 is 132 Å². The average Bonchev–Trinajstić information content (AvgIpc) is 1.62. The summed E-state index contributed by atoms with van der Waals surface area (Å²) in [4.78, 5) is 179. The molecule has 1 saturated carbocycles. The molecule has 2 heterocycles. The van der Waals surface area contributed by atoms with Crippen molar-refractivity contribution in [1.82, 2.24) is 52.8 Å². The monoisotopic (exact) mass is 1540 g/mol. The Labute approximate surface area is 640 Å². The molecule has 1 saturated heterocycles. The number of thioether (sulfide) groups is 2. The number of nitrogens with one attached hydrogen (secondary N) is 9. The van der Waals surface area contributed by atoms with Gasteiger partial charge >= 0.3 is 0 Å². The first-order chi connectivity index (χ1) is 51.7. The van der Waals surface area contributed by atoms with Crippen molar-refractivity contribution in [1.29, 1.82) is 0 Å². The van der Waals surface area contributed by atoms with Crippen molar-refractivity contribution in [2.45, 2.75) is 221 Å². The first-order valence-corrected chi connectivity index (χ1v) is 39.8. The van der Waals surface area contributed by atoms with Gasteiger partial charge in [0, 0.05) is 80.9 Å². The van der Waals surface area contributed by atoms with Gasteiger partial charge in [-0.05, 0) is 111 Å². The molecule has 0 spiro atoms. The molecular weight excluding hydrogens is 1420 g/mol. The van der Waals surface area contributed by atoms with Crippen LogP contribution in [0.5, 0.6) is 0 Å². The number of carbonyl (C=O) groups excluding carboxylic acids is 12. The second kappa shape index (κ2) is 46.7. The van der Waals surface area contributed by atoms with E-state index in [4.69, 9.17) is 40.1 Å². The Kier molecular flexibility index (Phi) is 37.8. The van der Waals surface area contributed by atoms with Gasteiger partial charge in [0.1, 0.15) is 48.3 Å². The molecular formula is C75H113N19O12S2. The Morgan fingerprint density at radius 2 is 1.00 bits per heavy atom. The Balaban J connectivity index is 1.29. The van der Waals surface area contributed by atoms with Crippen LogP contribution in [0.25, 0.3) is 0 Å². The first-order valence-electron chi connectivity index (χ1n) is 37.5. The molecule has 11 atom stereocenters. The van der Waals surface area contributed by atoms with Crippen LogP contribution in [-0.2, 0) is 81.9 Å². The van der Waals surface area contributed by atoms with Crippen molar-refractivity contribution in [2.75, 3.05) is 37.7 Å². The quantitative estimate of drug-likeness (QED) is 0.0494. The topological polar surface area (TPSA) is 523 Å². The lowest BCUT2D eigenvalue weighted by atomic mass is 9.84. The number of hydrogen-bond donors (Lipinski definition) is 16. The zero-order chi connectivity index (χ0) is 78.5. The summed E-state index contributed by atoms with van der Waals surface area (Å²) >= 11 is 2.92. The van der Waals surface area contributed by atoms with Gasteiger partial charge in [-0.15, -0.1) is 0 Å². The molecule has 12 amide bonds. The summed E-state index contributed by atoms with van der Waals surface area (Å²) in [5.74, 6) is -6.99. The number of primary amides is 2. The number of nitrogens with zero attached hydrogens (tertiary/aromatic N) is 3. The molecule has 2 bridgehead atoms. The first kappa shape index (κ1) is 87.4. The van der Waals surface area contributed by atoms with E-state index >= 15 is 14.4 Å². The largest absolute Gasteiger partial charge is 0.370 e. The van der Waals surface area contributed by atoms with Crippen molar-refractivity contribution in [3.63, 3.8) is 0 Å². The summed E-state index contributed by atoms with van der Waals surface area (Å²) in [6.07, 6.45) is 5.37.